The number of nitrogens with zero attached hydrogens (tertiary/aromatic N) is 3. The molecule has 0 fully saturated rings. The van der Waals surface area contributed by atoms with Crippen molar-refractivity contribution in [3.8, 4) is 0 Å². The molecule has 3 aromatic heterocycles. The van der Waals surface area contributed by atoms with Crippen molar-refractivity contribution in [2.45, 2.75) is 20.4 Å². The molecule has 3 aromatic rings. The van der Waals surface area contributed by atoms with Gasteiger partial charge in [0.05, 0.1) is 18.3 Å². The van der Waals surface area contributed by atoms with E-state index < -0.39 is 5.97 Å². The third-order valence-corrected chi connectivity index (χ3v) is 5.24. The summed E-state index contributed by atoms with van der Waals surface area (Å²) in [6, 6.07) is 0. The average molecular weight is 378 g/mol. The number of hydrogen-bond acceptors (Lipinski definition) is 8. The Kier molecular flexibility index (Phi) is 4.91. The Labute approximate surface area is 150 Å². The van der Waals surface area contributed by atoms with E-state index in [9.17, 15) is 14.4 Å². The van der Waals surface area contributed by atoms with Crippen molar-refractivity contribution in [3.63, 3.8) is 0 Å². The van der Waals surface area contributed by atoms with E-state index in [0.29, 0.717) is 25.8 Å². The number of rotatable bonds is 5. The largest absolute Gasteiger partial charge is 0.462 e. The standard InChI is InChI=1S/C15H14N4O4S2/c1-3-23-14(22)11-8(2)10-12(25-11)17-7-19(13(10)21)6-9(20)18-15-16-4-5-24-15/h4-5,7H,3,6H2,1-2H3,(H,16,18,20). The third-order valence-electron chi connectivity index (χ3n) is 3.37. The molecule has 0 saturated heterocycles. The summed E-state index contributed by atoms with van der Waals surface area (Å²) in [4.78, 5) is 45.6. The monoisotopic (exact) mass is 378 g/mol. The zero-order chi connectivity index (χ0) is 18.0. The highest BCUT2D eigenvalue weighted by atomic mass is 32.1. The van der Waals surface area contributed by atoms with Crippen molar-refractivity contribution >= 4 is 49.9 Å². The van der Waals surface area contributed by atoms with Crippen LogP contribution in [0.15, 0.2) is 22.7 Å². The minimum absolute atomic E-state index is 0.189. The Morgan fingerprint density at radius 1 is 1.36 bits per heavy atom. The van der Waals surface area contributed by atoms with Crippen LogP contribution in [0, 0.1) is 6.92 Å². The fourth-order valence-electron chi connectivity index (χ4n) is 2.26. The van der Waals surface area contributed by atoms with E-state index in [4.69, 9.17) is 4.74 Å². The Balaban J connectivity index is 1.91. The normalized spacial score (nSPS) is 10.8. The lowest BCUT2D eigenvalue weighted by atomic mass is 10.2. The van der Waals surface area contributed by atoms with Crippen LogP contribution in [-0.2, 0) is 16.1 Å². The SMILES string of the molecule is CCOC(=O)c1sc2ncn(CC(=O)Nc3nccs3)c(=O)c2c1C. The molecule has 0 atom stereocenters. The number of nitrogens with one attached hydrogen (secondary N) is 1. The van der Waals surface area contributed by atoms with Crippen molar-refractivity contribution < 1.29 is 14.3 Å². The van der Waals surface area contributed by atoms with E-state index in [1.165, 1.54) is 22.2 Å². The average Bonchev–Trinajstić information content (AvgIpc) is 3.18. The molecule has 0 unspecified atom stereocenters. The molecular weight excluding hydrogens is 364 g/mol. The van der Waals surface area contributed by atoms with Gasteiger partial charge in [0.25, 0.3) is 5.56 Å². The van der Waals surface area contributed by atoms with Gasteiger partial charge in [0.2, 0.25) is 5.91 Å². The number of anilines is 1. The third kappa shape index (κ3) is 3.44. The van der Waals surface area contributed by atoms with Gasteiger partial charge in [-0.3, -0.25) is 14.2 Å². The first-order valence-corrected chi connectivity index (χ1v) is 9.06. The van der Waals surface area contributed by atoms with Gasteiger partial charge in [-0.05, 0) is 19.4 Å². The zero-order valence-electron chi connectivity index (χ0n) is 13.4. The summed E-state index contributed by atoms with van der Waals surface area (Å²) in [6.07, 6.45) is 2.88. The Hall–Kier alpha value is -2.59. The number of hydrogen-bond donors (Lipinski definition) is 1. The quantitative estimate of drug-likeness (QED) is 0.682. The first-order valence-electron chi connectivity index (χ1n) is 7.36. The first kappa shape index (κ1) is 17.2. The van der Waals surface area contributed by atoms with Gasteiger partial charge in [0, 0.05) is 11.6 Å². The van der Waals surface area contributed by atoms with Crippen LogP contribution in [0.3, 0.4) is 0 Å². The van der Waals surface area contributed by atoms with Crippen LogP contribution in [0.25, 0.3) is 10.2 Å². The molecule has 1 N–H and O–H groups in total. The van der Waals surface area contributed by atoms with Crippen molar-refractivity contribution in [2.24, 2.45) is 0 Å². The van der Waals surface area contributed by atoms with Crippen LogP contribution in [0.1, 0.15) is 22.2 Å². The Morgan fingerprint density at radius 3 is 2.84 bits per heavy atom. The molecule has 3 heterocycles. The number of amides is 1. The number of thiophene rings is 1. The van der Waals surface area contributed by atoms with E-state index >= 15 is 0 Å². The molecule has 8 nitrogen and oxygen atoms in total. The summed E-state index contributed by atoms with van der Waals surface area (Å²) in [5.41, 5.74) is 0.147. The molecule has 0 aliphatic rings. The van der Waals surface area contributed by atoms with Crippen molar-refractivity contribution in [3.05, 3.63) is 38.7 Å². The molecule has 0 aliphatic carbocycles. The number of aryl methyl sites for hydroxylation is 1. The molecule has 1 amide bonds. The maximum Gasteiger partial charge on any atom is 0.348 e. The van der Waals surface area contributed by atoms with Gasteiger partial charge in [0.1, 0.15) is 16.3 Å². The Bertz CT molecular complexity index is 991. The topological polar surface area (TPSA) is 103 Å². The predicted octanol–water partition coefficient (Wildman–Crippen LogP) is 2.04. The summed E-state index contributed by atoms with van der Waals surface area (Å²) < 4.78 is 6.20. The van der Waals surface area contributed by atoms with Gasteiger partial charge in [-0.15, -0.1) is 22.7 Å². The molecule has 3 rings (SSSR count). The molecule has 0 spiro atoms. The molecule has 10 heteroatoms. The summed E-state index contributed by atoms with van der Waals surface area (Å²) in [7, 11) is 0. The van der Waals surface area contributed by atoms with E-state index in [-0.39, 0.29) is 24.6 Å². The van der Waals surface area contributed by atoms with Crippen molar-refractivity contribution in [2.75, 3.05) is 11.9 Å². The summed E-state index contributed by atoms with van der Waals surface area (Å²) in [6.45, 7) is 3.45. The summed E-state index contributed by atoms with van der Waals surface area (Å²) in [5, 5.41) is 5.14. The number of aromatic nitrogens is 3. The molecule has 0 aromatic carbocycles. The van der Waals surface area contributed by atoms with Gasteiger partial charge >= 0.3 is 5.97 Å². The fraction of sp³-hybridized carbons (Fsp3) is 0.267. The maximum absolute atomic E-state index is 12.7. The molecule has 25 heavy (non-hydrogen) atoms. The lowest BCUT2D eigenvalue weighted by Crippen LogP contribution is -2.27. The summed E-state index contributed by atoms with van der Waals surface area (Å²) >= 11 is 2.40. The minimum Gasteiger partial charge on any atom is -0.462 e. The second-order valence-corrected chi connectivity index (χ2v) is 6.91. The van der Waals surface area contributed by atoms with Crippen LogP contribution in [0.4, 0.5) is 5.13 Å². The summed E-state index contributed by atoms with van der Waals surface area (Å²) in [5.74, 6) is -0.854. The number of ether oxygens (including phenoxy) is 1. The number of carbonyl (C=O) groups is 2. The molecule has 0 bridgehead atoms. The van der Waals surface area contributed by atoms with Crippen LogP contribution in [0.5, 0.6) is 0 Å². The van der Waals surface area contributed by atoms with Crippen molar-refractivity contribution in [1.29, 1.82) is 0 Å². The van der Waals surface area contributed by atoms with E-state index in [0.717, 1.165) is 11.3 Å². The lowest BCUT2D eigenvalue weighted by Gasteiger charge is -2.05. The molecular formula is C15H14N4O4S2. The molecule has 0 aliphatic heterocycles. The molecule has 0 saturated carbocycles. The van der Waals surface area contributed by atoms with Crippen LogP contribution in [0.2, 0.25) is 0 Å². The van der Waals surface area contributed by atoms with Gasteiger partial charge in [-0.25, -0.2) is 14.8 Å². The van der Waals surface area contributed by atoms with Gasteiger partial charge < -0.3 is 10.1 Å². The van der Waals surface area contributed by atoms with Gasteiger partial charge in [-0.2, -0.15) is 0 Å². The first-order chi connectivity index (χ1) is 12.0. The number of carbonyl (C=O) groups excluding carboxylic acids is 2. The maximum atomic E-state index is 12.7. The number of esters is 1. The lowest BCUT2D eigenvalue weighted by molar-refractivity contribution is -0.116. The smallest absolute Gasteiger partial charge is 0.348 e. The predicted molar refractivity (Wildman–Crippen MR) is 95.3 cm³/mol. The fourth-order valence-corrected chi connectivity index (χ4v) is 3.84. The van der Waals surface area contributed by atoms with Gasteiger partial charge in [-0.1, -0.05) is 0 Å². The molecule has 130 valence electrons. The highest BCUT2D eigenvalue weighted by Gasteiger charge is 2.20. The highest BCUT2D eigenvalue weighted by Crippen LogP contribution is 2.27. The number of thiazole rings is 1. The number of fused-ring (bicyclic) bond motifs is 1. The van der Waals surface area contributed by atoms with E-state index in [1.54, 1.807) is 25.4 Å². The van der Waals surface area contributed by atoms with E-state index in [1.807, 2.05) is 0 Å². The molecule has 0 radical (unpaired) electrons. The highest BCUT2D eigenvalue weighted by molar-refractivity contribution is 7.20. The van der Waals surface area contributed by atoms with E-state index in [2.05, 4.69) is 15.3 Å². The second kappa shape index (κ2) is 7.11. The Morgan fingerprint density at radius 2 is 2.16 bits per heavy atom. The second-order valence-electron chi connectivity index (χ2n) is 5.02. The van der Waals surface area contributed by atoms with Crippen LogP contribution >= 0.6 is 22.7 Å². The van der Waals surface area contributed by atoms with Gasteiger partial charge in [0.15, 0.2) is 5.13 Å². The van der Waals surface area contributed by atoms with Crippen LogP contribution < -0.4 is 10.9 Å². The zero-order valence-corrected chi connectivity index (χ0v) is 15.1. The minimum atomic E-state index is -0.476. The van der Waals surface area contributed by atoms with Crippen molar-refractivity contribution in [1.82, 2.24) is 14.5 Å². The van der Waals surface area contributed by atoms with Crippen LogP contribution in [-0.4, -0.2) is 33.0 Å².